The molecule has 0 aromatic heterocycles. The lowest BCUT2D eigenvalue weighted by atomic mass is 9.87. The van der Waals surface area contributed by atoms with Crippen molar-refractivity contribution in [2.45, 2.75) is 52.0 Å². The van der Waals surface area contributed by atoms with Crippen LogP contribution in [0.25, 0.3) is 0 Å². The third kappa shape index (κ3) is 3.99. The maximum Gasteiger partial charge on any atom is 0.227 e. The summed E-state index contributed by atoms with van der Waals surface area (Å²) in [5.41, 5.74) is 1.71. The number of allylic oxidation sites excluding steroid dienone is 1. The number of halogens is 1. The van der Waals surface area contributed by atoms with E-state index in [4.69, 9.17) is 0 Å². The van der Waals surface area contributed by atoms with Gasteiger partial charge in [-0.25, -0.2) is 4.39 Å². The Balaban J connectivity index is 2.28. The van der Waals surface area contributed by atoms with Gasteiger partial charge < -0.3 is 4.90 Å². The van der Waals surface area contributed by atoms with Crippen LogP contribution in [-0.2, 0) is 4.79 Å². The Morgan fingerprint density at radius 1 is 1.39 bits per heavy atom. The highest BCUT2D eigenvalue weighted by Crippen LogP contribution is 2.37. The topological polar surface area (TPSA) is 23.6 Å². The minimum Gasteiger partial charge on any atom is -0.303 e. The van der Waals surface area contributed by atoms with E-state index in [1.165, 1.54) is 24.0 Å². The third-order valence-corrected chi connectivity index (χ3v) is 4.66. The number of nitrogens with zero attached hydrogens (tertiary/aromatic N) is 2. The smallest absolute Gasteiger partial charge is 0.227 e. The number of rotatable bonds is 6. The van der Waals surface area contributed by atoms with Crippen LogP contribution in [0.15, 0.2) is 30.5 Å². The van der Waals surface area contributed by atoms with Crippen LogP contribution in [0.4, 0.5) is 10.1 Å². The fourth-order valence-corrected chi connectivity index (χ4v) is 3.38. The van der Waals surface area contributed by atoms with Gasteiger partial charge in [0.15, 0.2) is 0 Å². The van der Waals surface area contributed by atoms with Crippen LogP contribution >= 0.6 is 0 Å². The fourth-order valence-electron chi connectivity index (χ4n) is 3.38. The van der Waals surface area contributed by atoms with Gasteiger partial charge in [-0.1, -0.05) is 26.0 Å². The molecule has 2 rings (SSSR count). The van der Waals surface area contributed by atoms with Crippen molar-refractivity contribution >= 4 is 11.6 Å². The number of anilines is 1. The quantitative estimate of drug-likeness (QED) is 0.781. The van der Waals surface area contributed by atoms with Crippen LogP contribution in [0.2, 0.25) is 0 Å². The third-order valence-electron chi connectivity index (χ3n) is 4.66. The second-order valence-electron chi connectivity index (χ2n) is 6.32. The van der Waals surface area contributed by atoms with Gasteiger partial charge in [-0.3, -0.25) is 9.69 Å². The summed E-state index contributed by atoms with van der Waals surface area (Å²) >= 11 is 0. The highest BCUT2D eigenvalue weighted by Gasteiger charge is 2.26. The lowest BCUT2D eigenvalue weighted by molar-refractivity contribution is -0.116. The Kier molecular flexibility index (Phi) is 5.94. The molecular formula is C19H27FN2O. The van der Waals surface area contributed by atoms with Crippen molar-refractivity contribution in [1.29, 1.82) is 0 Å². The number of hydrogen-bond donors (Lipinski definition) is 0. The maximum absolute atomic E-state index is 13.6. The van der Waals surface area contributed by atoms with Crippen LogP contribution in [0.5, 0.6) is 0 Å². The van der Waals surface area contributed by atoms with Crippen LogP contribution in [0, 0.1) is 5.82 Å². The largest absolute Gasteiger partial charge is 0.303 e. The summed E-state index contributed by atoms with van der Waals surface area (Å²) < 4.78 is 13.6. The van der Waals surface area contributed by atoms with Crippen molar-refractivity contribution in [3.05, 3.63) is 41.9 Å². The summed E-state index contributed by atoms with van der Waals surface area (Å²) in [4.78, 5) is 15.7. The van der Waals surface area contributed by atoms with E-state index in [2.05, 4.69) is 31.9 Å². The molecule has 126 valence electrons. The molecule has 4 heteroatoms. The first-order chi connectivity index (χ1) is 11.0. The van der Waals surface area contributed by atoms with Gasteiger partial charge >= 0.3 is 0 Å². The van der Waals surface area contributed by atoms with E-state index in [0.29, 0.717) is 11.7 Å². The van der Waals surface area contributed by atoms with Gasteiger partial charge in [0.2, 0.25) is 5.91 Å². The molecule has 2 unspecified atom stereocenters. The Morgan fingerprint density at radius 2 is 2.13 bits per heavy atom. The van der Waals surface area contributed by atoms with Crippen LogP contribution in [0.3, 0.4) is 0 Å². The molecule has 0 aliphatic carbocycles. The number of amides is 1. The molecule has 3 nitrogen and oxygen atoms in total. The Labute approximate surface area is 138 Å². The minimum absolute atomic E-state index is 0.0957. The van der Waals surface area contributed by atoms with Crippen LogP contribution < -0.4 is 4.90 Å². The van der Waals surface area contributed by atoms with E-state index < -0.39 is 0 Å². The molecule has 0 fully saturated rings. The number of benzene rings is 1. The minimum atomic E-state index is -0.306. The van der Waals surface area contributed by atoms with Gasteiger partial charge in [0.1, 0.15) is 5.82 Å². The highest BCUT2D eigenvalue weighted by molar-refractivity contribution is 5.95. The molecule has 0 radical (unpaired) electrons. The van der Waals surface area contributed by atoms with Crippen molar-refractivity contribution in [3.8, 4) is 0 Å². The second kappa shape index (κ2) is 7.73. The number of carbonyl (C=O) groups excluding carboxylic acids is 1. The lowest BCUT2D eigenvalue weighted by Crippen LogP contribution is -2.34. The zero-order valence-corrected chi connectivity index (χ0v) is 14.6. The average Bonchev–Trinajstić information content (AvgIpc) is 2.51. The van der Waals surface area contributed by atoms with Gasteiger partial charge in [-0.2, -0.15) is 0 Å². The first-order valence-corrected chi connectivity index (χ1v) is 8.45. The Bertz CT molecular complexity index is 585. The van der Waals surface area contributed by atoms with Crippen LogP contribution in [0.1, 0.15) is 51.5 Å². The number of hydrogen-bond acceptors (Lipinski definition) is 2. The summed E-state index contributed by atoms with van der Waals surface area (Å²) in [6, 6.07) is 5.25. The number of carbonyl (C=O) groups is 1. The molecule has 23 heavy (non-hydrogen) atoms. The predicted molar refractivity (Wildman–Crippen MR) is 93.1 cm³/mol. The molecule has 0 bridgehead atoms. The van der Waals surface area contributed by atoms with E-state index in [-0.39, 0.29) is 17.6 Å². The second-order valence-corrected chi connectivity index (χ2v) is 6.32. The molecule has 0 spiro atoms. The molecule has 1 amide bonds. The van der Waals surface area contributed by atoms with Crippen molar-refractivity contribution in [1.82, 2.24) is 4.90 Å². The van der Waals surface area contributed by atoms with Gasteiger partial charge in [0.05, 0.1) is 5.69 Å². The van der Waals surface area contributed by atoms with Crippen molar-refractivity contribution in [3.63, 3.8) is 0 Å². The van der Waals surface area contributed by atoms with Crippen molar-refractivity contribution in [2.24, 2.45) is 0 Å². The Morgan fingerprint density at radius 3 is 2.74 bits per heavy atom. The first-order valence-electron chi connectivity index (χ1n) is 8.45. The monoisotopic (exact) mass is 318 g/mol. The molecular weight excluding hydrogens is 291 g/mol. The van der Waals surface area contributed by atoms with Gasteiger partial charge in [0, 0.05) is 25.1 Å². The lowest BCUT2D eigenvalue weighted by Gasteiger charge is -2.33. The van der Waals surface area contributed by atoms with E-state index in [9.17, 15) is 9.18 Å². The molecule has 1 aliphatic heterocycles. The molecule has 1 aromatic carbocycles. The zero-order valence-electron chi connectivity index (χ0n) is 14.6. The van der Waals surface area contributed by atoms with Crippen molar-refractivity contribution in [2.75, 3.05) is 18.5 Å². The molecule has 0 saturated heterocycles. The van der Waals surface area contributed by atoms with Gasteiger partial charge in [-0.15, -0.1) is 0 Å². The van der Waals surface area contributed by atoms with E-state index in [1.54, 1.807) is 6.20 Å². The standard InChI is InChI=1S/C19H27FN2O/c1-5-10-21(4)17(6-2)12-15-9-11-22(14(3)23)19-13-16(20)7-8-18(15)19/h7-9,11,13,15,17H,5-6,10,12H2,1-4H3. The molecule has 0 N–H and O–H groups in total. The summed E-state index contributed by atoms with van der Waals surface area (Å²) in [5, 5.41) is 0. The Hall–Kier alpha value is -1.68. The zero-order chi connectivity index (χ0) is 17.0. The summed E-state index contributed by atoms with van der Waals surface area (Å²) in [5.74, 6) is -0.189. The number of fused-ring (bicyclic) bond motifs is 1. The molecule has 0 saturated carbocycles. The summed E-state index contributed by atoms with van der Waals surface area (Å²) in [6.07, 6.45) is 7.06. The molecule has 2 atom stereocenters. The van der Waals surface area contributed by atoms with E-state index >= 15 is 0 Å². The van der Waals surface area contributed by atoms with Gasteiger partial charge in [0.25, 0.3) is 0 Å². The maximum atomic E-state index is 13.6. The normalized spacial score (nSPS) is 18.2. The fraction of sp³-hybridized carbons (Fsp3) is 0.526. The molecule has 1 aromatic rings. The summed E-state index contributed by atoms with van der Waals surface area (Å²) in [7, 11) is 2.16. The highest BCUT2D eigenvalue weighted by atomic mass is 19.1. The summed E-state index contributed by atoms with van der Waals surface area (Å²) in [6.45, 7) is 6.97. The predicted octanol–water partition coefficient (Wildman–Crippen LogP) is 4.30. The first kappa shape index (κ1) is 17.7. The molecule has 1 heterocycles. The SMILES string of the molecule is CCCN(C)C(CC)CC1C=CN(C(C)=O)c2cc(F)ccc21. The van der Waals surface area contributed by atoms with E-state index in [0.717, 1.165) is 31.4 Å². The van der Waals surface area contributed by atoms with Crippen molar-refractivity contribution < 1.29 is 9.18 Å². The van der Waals surface area contributed by atoms with Crippen LogP contribution in [-0.4, -0.2) is 30.4 Å². The molecule has 1 aliphatic rings. The van der Waals surface area contributed by atoms with Gasteiger partial charge in [-0.05, 0) is 50.6 Å². The van der Waals surface area contributed by atoms with E-state index in [1.807, 2.05) is 6.07 Å². The average molecular weight is 318 g/mol.